The first kappa shape index (κ1) is 11.8. The first-order valence-electron chi connectivity index (χ1n) is 5.47. The van der Waals surface area contributed by atoms with Crippen LogP contribution < -0.4 is 10.5 Å². The van der Waals surface area contributed by atoms with Crippen LogP contribution in [-0.4, -0.2) is 6.61 Å². The number of hydrogen-bond acceptors (Lipinski definition) is 2. The molecule has 88 valence electrons. The number of anilines is 1. The van der Waals surface area contributed by atoms with Gasteiger partial charge in [-0.3, -0.25) is 0 Å². The third-order valence-corrected chi connectivity index (χ3v) is 2.78. The molecule has 3 heteroatoms. The topological polar surface area (TPSA) is 35.2 Å². The molecule has 0 aromatic heterocycles. The first-order chi connectivity index (χ1) is 8.25. The number of nitrogen functional groups attached to an aromatic ring is 1. The van der Waals surface area contributed by atoms with Crippen LogP contribution in [0, 0.1) is 0 Å². The van der Waals surface area contributed by atoms with E-state index in [0.29, 0.717) is 11.6 Å². The van der Waals surface area contributed by atoms with E-state index in [1.165, 1.54) is 5.56 Å². The van der Waals surface area contributed by atoms with E-state index in [2.05, 4.69) is 0 Å². The summed E-state index contributed by atoms with van der Waals surface area (Å²) in [7, 11) is 0. The lowest BCUT2D eigenvalue weighted by Crippen LogP contribution is -2.01. The fraction of sp³-hybridized carbons (Fsp3) is 0.143. The van der Waals surface area contributed by atoms with Crippen LogP contribution in [0.25, 0.3) is 0 Å². The minimum absolute atomic E-state index is 0.605. The molecule has 0 amide bonds. The number of ether oxygens (including phenoxy) is 1. The van der Waals surface area contributed by atoms with E-state index in [0.717, 1.165) is 17.9 Å². The highest BCUT2D eigenvalue weighted by atomic mass is 35.5. The van der Waals surface area contributed by atoms with Gasteiger partial charge in [0.25, 0.3) is 0 Å². The standard InChI is InChI=1S/C14H14ClNO/c15-13-3-1-2-4-14(13)17-10-9-11-5-7-12(16)8-6-11/h1-8H,9-10,16H2. The SMILES string of the molecule is Nc1ccc(CCOc2ccccc2Cl)cc1. The van der Waals surface area contributed by atoms with E-state index in [9.17, 15) is 0 Å². The summed E-state index contributed by atoms with van der Waals surface area (Å²) in [5.41, 5.74) is 7.60. The lowest BCUT2D eigenvalue weighted by atomic mass is 10.1. The summed E-state index contributed by atoms with van der Waals surface area (Å²) < 4.78 is 5.61. The molecule has 0 aliphatic carbocycles. The monoisotopic (exact) mass is 247 g/mol. The molecule has 2 aromatic carbocycles. The second kappa shape index (κ2) is 5.60. The van der Waals surface area contributed by atoms with Gasteiger partial charge in [-0.2, -0.15) is 0 Å². The zero-order valence-electron chi connectivity index (χ0n) is 9.40. The molecule has 2 N–H and O–H groups in total. The average molecular weight is 248 g/mol. The number of benzene rings is 2. The molecule has 2 nitrogen and oxygen atoms in total. The number of hydrogen-bond donors (Lipinski definition) is 1. The van der Waals surface area contributed by atoms with Crippen LogP contribution in [0.3, 0.4) is 0 Å². The highest BCUT2D eigenvalue weighted by Gasteiger charge is 1.99. The number of rotatable bonds is 4. The molecule has 17 heavy (non-hydrogen) atoms. The van der Waals surface area contributed by atoms with Gasteiger partial charge in [0, 0.05) is 12.1 Å². The summed E-state index contributed by atoms with van der Waals surface area (Å²) in [5, 5.41) is 0.643. The van der Waals surface area contributed by atoms with E-state index in [1.807, 2.05) is 48.5 Å². The molecule has 2 rings (SSSR count). The largest absolute Gasteiger partial charge is 0.492 e. The Morgan fingerprint density at radius 1 is 1.00 bits per heavy atom. The quantitative estimate of drug-likeness (QED) is 0.839. The Kier molecular flexibility index (Phi) is 3.89. The van der Waals surface area contributed by atoms with Crippen molar-refractivity contribution in [2.24, 2.45) is 0 Å². The summed E-state index contributed by atoms with van der Waals surface area (Å²) >= 11 is 5.99. The van der Waals surface area contributed by atoms with Crippen LogP contribution in [-0.2, 0) is 6.42 Å². The van der Waals surface area contributed by atoms with Gasteiger partial charge >= 0.3 is 0 Å². The van der Waals surface area contributed by atoms with E-state index >= 15 is 0 Å². The number of para-hydroxylation sites is 1. The Balaban J connectivity index is 1.88. The highest BCUT2D eigenvalue weighted by Crippen LogP contribution is 2.23. The Labute approximate surface area is 106 Å². The lowest BCUT2D eigenvalue weighted by molar-refractivity contribution is 0.322. The van der Waals surface area contributed by atoms with Crippen molar-refractivity contribution < 1.29 is 4.74 Å². The van der Waals surface area contributed by atoms with E-state index in [-0.39, 0.29) is 0 Å². The fourth-order valence-electron chi connectivity index (χ4n) is 1.52. The van der Waals surface area contributed by atoms with Crippen molar-refractivity contribution >= 4 is 17.3 Å². The molecule has 0 unspecified atom stereocenters. The maximum Gasteiger partial charge on any atom is 0.137 e. The van der Waals surface area contributed by atoms with Gasteiger partial charge in [-0.25, -0.2) is 0 Å². The molecule has 2 aromatic rings. The van der Waals surface area contributed by atoms with Crippen LogP contribution in [0.5, 0.6) is 5.75 Å². The normalized spacial score (nSPS) is 10.2. The van der Waals surface area contributed by atoms with Crippen molar-refractivity contribution in [1.82, 2.24) is 0 Å². The summed E-state index contributed by atoms with van der Waals surface area (Å²) in [6.07, 6.45) is 0.839. The minimum atomic E-state index is 0.605. The number of halogens is 1. The van der Waals surface area contributed by atoms with Gasteiger partial charge in [-0.15, -0.1) is 0 Å². The van der Waals surface area contributed by atoms with Gasteiger partial charge in [0.2, 0.25) is 0 Å². The predicted octanol–water partition coefficient (Wildman–Crippen LogP) is 3.54. The molecule has 0 radical (unpaired) electrons. The van der Waals surface area contributed by atoms with Gasteiger partial charge in [0.1, 0.15) is 5.75 Å². The molecule has 0 saturated heterocycles. The highest BCUT2D eigenvalue weighted by molar-refractivity contribution is 6.32. The van der Waals surface area contributed by atoms with E-state index in [4.69, 9.17) is 22.1 Å². The third-order valence-electron chi connectivity index (χ3n) is 2.46. The molecule has 0 saturated carbocycles. The zero-order valence-corrected chi connectivity index (χ0v) is 10.2. The second-order valence-corrected chi connectivity index (χ2v) is 4.18. The van der Waals surface area contributed by atoms with E-state index in [1.54, 1.807) is 0 Å². The van der Waals surface area contributed by atoms with Crippen molar-refractivity contribution in [1.29, 1.82) is 0 Å². The van der Waals surface area contributed by atoms with Gasteiger partial charge in [-0.1, -0.05) is 35.9 Å². The van der Waals surface area contributed by atoms with Crippen LogP contribution in [0.1, 0.15) is 5.56 Å². The molecule has 0 aliphatic heterocycles. The Morgan fingerprint density at radius 2 is 1.71 bits per heavy atom. The van der Waals surface area contributed by atoms with Crippen LogP contribution >= 0.6 is 11.6 Å². The Hall–Kier alpha value is -1.67. The van der Waals surface area contributed by atoms with Gasteiger partial charge in [0.05, 0.1) is 11.6 Å². The van der Waals surface area contributed by atoms with Gasteiger partial charge in [0.15, 0.2) is 0 Å². The zero-order chi connectivity index (χ0) is 12.1. The molecule has 0 atom stereocenters. The number of nitrogens with two attached hydrogens (primary N) is 1. The molecular formula is C14H14ClNO. The summed E-state index contributed by atoms with van der Waals surface area (Å²) in [4.78, 5) is 0. The predicted molar refractivity (Wildman–Crippen MR) is 71.5 cm³/mol. The molecular weight excluding hydrogens is 234 g/mol. The average Bonchev–Trinajstić information content (AvgIpc) is 2.34. The Bertz CT molecular complexity index is 482. The molecule has 0 heterocycles. The maximum atomic E-state index is 5.99. The van der Waals surface area contributed by atoms with Gasteiger partial charge < -0.3 is 10.5 Å². The first-order valence-corrected chi connectivity index (χ1v) is 5.85. The van der Waals surface area contributed by atoms with Crippen molar-refractivity contribution in [2.75, 3.05) is 12.3 Å². The fourth-order valence-corrected chi connectivity index (χ4v) is 1.72. The molecule has 0 aliphatic rings. The molecule has 0 spiro atoms. The van der Waals surface area contributed by atoms with E-state index < -0.39 is 0 Å². The van der Waals surface area contributed by atoms with Crippen LogP contribution in [0.15, 0.2) is 48.5 Å². The van der Waals surface area contributed by atoms with Crippen molar-refractivity contribution in [2.45, 2.75) is 6.42 Å². The third kappa shape index (κ3) is 3.40. The van der Waals surface area contributed by atoms with Crippen molar-refractivity contribution in [3.05, 3.63) is 59.1 Å². The Morgan fingerprint density at radius 3 is 2.41 bits per heavy atom. The van der Waals surface area contributed by atoms with Crippen LogP contribution in [0.4, 0.5) is 5.69 Å². The molecule has 0 bridgehead atoms. The maximum absolute atomic E-state index is 5.99. The van der Waals surface area contributed by atoms with Gasteiger partial charge in [-0.05, 0) is 29.8 Å². The second-order valence-electron chi connectivity index (χ2n) is 3.77. The van der Waals surface area contributed by atoms with Crippen LogP contribution in [0.2, 0.25) is 5.02 Å². The smallest absolute Gasteiger partial charge is 0.137 e. The lowest BCUT2D eigenvalue weighted by Gasteiger charge is -2.07. The van der Waals surface area contributed by atoms with Crippen molar-refractivity contribution in [3.8, 4) is 5.75 Å². The minimum Gasteiger partial charge on any atom is -0.492 e. The summed E-state index contributed by atoms with van der Waals surface area (Å²) in [5.74, 6) is 0.726. The molecule has 0 fully saturated rings. The summed E-state index contributed by atoms with van der Waals surface area (Å²) in [6, 6.07) is 15.3. The van der Waals surface area contributed by atoms with Crippen molar-refractivity contribution in [3.63, 3.8) is 0 Å². The summed E-state index contributed by atoms with van der Waals surface area (Å²) in [6.45, 7) is 0.605.